The van der Waals surface area contributed by atoms with Crippen LogP contribution in [-0.2, 0) is 0 Å². The number of nitrogens with zero attached hydrogens (tertiary/aromatic N) is 2. The van der Waals surface area contributed by atoms with Gasteiger partial charge in [-0.3, -0.25) is 14.9 Å². The molecule has 0 unspecified atom stereocenters. The Labute approximate surface area is 134 Å². The fraction of sp³-hybridized carbons (Fsp3) is 0.176. The predicted molar refractivity (Wildman–Crippen MR) is 88.8 cm³/mol. The summed E-state index contributed by atoms with van der Waals surface area (Å²) in [7, 11) is 0. The first-order valence-electron chi connectivity index (χ1n) is 7.04. The number of non-ortho nitro benzene ring substituents is 1. The van der Waals surface area contributed by atoms with E-state index in [4.69, 9.17) is 0 Å². The van der Waals surface area contributed by atoms with Gasteiger partial charge in [-0.15, -0.1) is 0 Å². The molecule has 0 aromatic heterocycles. The van der Waals surface area contributed by atoms with Crippen molar-refractivity contribution in [2.75, 3.05) is 0 Å². The van der Waals surface area contributed by atoms with Crippen molar-refractivity contribution in [1.82, 2.24) is 5.43 Å². The van der Waals surface area contributed by atoms with Crippen LogP contribution in [-0.4, -0.2) is 17.0 Å². The molecule has 0 heterocycles. The number of benzene rings is 2. The molecule has 0 fully saturated rings. The van der Waals surface area contributed by atoms with Crippen LogP contribution in [0.1, 0.15) is 32.6 Å². The van der Waals surface area contributed by atoms with Gasteiger partial charge < -0.3 is 0 Å². The first kappa shape index (κ1) is 16.4. The molecule has 0 aliphatic rings. The van der Waals surface area contributed by atoms with Gasteiger partial charge in [-0.2, -0.15) is 5.10 Å². The fourth-order valence-corrected chi connectivity index (χ4v) is 2.38. The second kappa shape index (κ2) is 6.83. The maximum atomic E-state index is 12.0. The number of nitro benzene ring substituents is 1. The van der Waals surface area contributed by atoms with Crippen molar-refractivity contribution in [1.29, 1.82) is 0 Å². The summed E-state index contributed by atoms with van der Waals surface area (Å²) in [5.41, 5.74) is 6.68. The van der Waals surface area contributed by atoms with Gasteiger partial charge in [0, 0.05) is 23.3 Å². The van der Waals surface area contributed by atoms with E-state index < -0.39 is 10.8 Å². The predicted octanol–water partition coefficient (Wildman–Crippen LogP) is 3.28. The highest BCUT2D eigenvalue weighted by Gasteiger charge is 2.10. The zero-order valence-electron chi connectivity index (χ0n) is 13.2. The van der Waals surface area contributed by atoms with Crippen LogP contribution < -0.4 is 5.43 Å². The number of hydrogen-bond donors (Lipinski definition) is 1. The van der Waals surface area contributed by atoms with Gasteiger partial charge in [0.1, 0.15) is 0 Å². The number of hydrazone groups is 1. The van der Waals surface area contributed by atoms with Gasteiger partial charge in [0.25, 0.3) is 11.6 Å². The van der Waals surface area contributed by atoms with Gasteiger partial charge in [0.15, 0.2) is 0 Å². The molecule has 118 valence electrons. The molecule has 6 nitrogen and oxygen atoms in total. The average molecular weight is 311 g/mol. The quantitative estimate of drug-likeness (QED) is 0.534. The van der Waals surface area contributed by atoms with E-state index in [0.29, 0.717) is 0 Å². The normalized spacial score (nSPS) is 10.7. The molecule has 23 heavy (non-hydrogen) atoms. The van der Waals surface area contributed by atoms with Crippen LogP contribution in [0.4, 0.5) is 5.69 Å². The standard InChI is InChI=1S/C17H17N3O3/c1-11-7-12(2)16(13(3)8-11)10-18-19-17(21)14-5-4-6-15(9-14)20(22)23/h4-10H,1-3H3,(H,19,21). The van der Waals surface area contributed by atoms with Crippen molar-refractivity contribution in [3.05, 3.63) is 74.3 Å². The molecule has 1 N–H and O–H groups in total. The van der Waals surface area contributed by atoms with Crippen LogP contribution >= 0.6 is 0 Å². The lowest BCUT2D eigenvalue weighted by atomic mass is 10.0. The minimum Gasteiger partial charge on any atom is -0.267 e. The third-order valence-corrected chi connectivity index (χ3v) is 3.42. The molecule has 1 amide bonds. The summed E-state index contributed by atoms with van der Waals surface area (Å²) in [6.07, 6.45) is 1.58. The summed E-state index contributed by atoms with van der Waals surface area (Å²) in [5.74, 6) is -0.493. The number of rotatable bonds is 4. The highest BCUT2D eigenvalue weighted by Crippen LogP contribution is 2.15. The zero-order valence-corrected chi connectivity index (χ0v) is 13.2. The Balaban J connectivity index is 2.13. The number of nitro groups is 1. The van der Waals surface area contributed by atoms with Crippen LogP contribution in [0, 0.1) is 30.9 Å². The fourth-order valence-electron chi connectivity index (χ4n) is 2.38. The lowest BCUT2D eigenvalue weighted by Crippen LogP contribution is -2.17. The Kier molecular flexibility index (Phi) is 4.85. The molecule has 2 aromatic carbocycles. The van der Waals surface area contributed by atoms with Gasteiger partial charge in [-0.05, 0) is 38.0 Å². The lowest BCUT2D eigenvalue weighted by molar-refractivity contribution is -0.384. The number of carbonyl (C=O) groups excluding carboxylic acids is 1. The van der Waals surface area contributed by atoms with Gasteiger partial charge in [-0.1, -0.05) is 23.8 Å². The molecule has 0 aliphatic heterocycles. The summed E-state index contributed by atoms with van der Waals surface area (Å²) >= 11 is 0. The van der Waals surface area contributed by atoms with Crippen molar-refractivity contribution in [3.63, 3.8) is 0 Å². The third kappa shape index (κ3) is 4.00. The van der Waals surface area contributed by atoms with E-state index in [-0.39, 0.29) is 11.3 Å². The molecule has 2 rings (SSSR count). The van der Waals surface area contributed by atoms with Crippen LogP contribution in [0.3, 0.4) is 0 Å². The zero-order chi connectivity index (χ0) is 17.0. The number of amides is 1. The molecule has 6 heteroatoms. The monoisotopic (exact) mass is 311 g/mol. The second-order valence-electron chi connectivity index (χ2n) is 5.32. The molecule has 2 aromatic rings. The Morgan fingerprint density at radius 2 is 1.83 bits per heavy atom. The van der Waals surface area contributed by atoms with Crippen LogP contribution in [0.15, 0.2) is 41.5 Å². The van der Waals surface area contributed by atoms with E-state index in [1.807, 2.05) is 32.9 Å². The van der Waals surface area contributed by atoms with Crippen LogP contribution in [0.2, 0.25) is 0 Å². The Hall–Kier alpha value is -3.02. The maximum absolute atomic E-state index is 12.0. The second-order valence-corrected chi connectivity index (χ2v) is 5.32. The topological polar surface area (TPSA) is 84.6 Å². The third-order valence-electron chi connectivity index (χ3n) is 3.42. The first-order chi connectivity index (χ1) is 10.9. The Morgan fingerprint density at radius 3 is 2.43 bits per heavy atom. The Morgan fingerprint density at radius 1 is 1.17 bits per heavy atom. The molecule has 0 saturated carbocycles. The number of carbonyl (C=O) groups is 1. The molecule has 0 aliphatic carbocycles. The molecule has 0 atom stereocenters. The number of aryl methyl sites for hydroxylation is 3. The molecule has 0 saturated heterocycles. The van der Waals surface area contributed by atoms with Gasteiger partial charge in [0.05, 0.1) is 11.1 Å². The molecular weight excluding hydrogens is 294 g/mol. The van der Waals surface area contributed by atoms with E-state index in [1.54, 1.807) is 6.21 Å². The highest BCUT2D eigenvalue weighted by atomic mass is 16.6. The van der Waals surface area contributed by atoms with Crippen LogP contribution in [0.5, 0.6) is 0 Å². The van der Waals surface area contributed by atoms with Crippen molar-refractivity contribution in [2.45, 2.75) is 20.8 Å². The van der Waals surface area contributed by atoms with E-state index in [0.717, 1.165) is 22.3 Å². The largest absolute Gasteiger partial charge is 0.271 e. The molecular formula is C17H17N3O3. The van der Waals surface area contributed by atoms with Crippen molar-refractivity contribution in [3.8, 4) is 0 Å². The summed E-state index contributed by atoms with van der Waals surface area (Å²) in [4.78, 5) is 22.2. The summed E-state index contributed by atoms with van der Waals surface area (Å²) < 4.78 is 0. The van der Waals surface area contributed by atoms with E-state index in [2.05, 4.69) is 10.5 Å². The maximum Gasteiger partial charge on any atom is 0.271 e. The average Bonchev–Trinajstić information content (AvgIpc) is 2.49. The van der Waals surface area contributed by atoms with Crippen LogP contribution in [0.25, 0.3) is 0 Å². The van der Waals surface area contributed by atoms with Gasteiger partial charge >= 0.3 is 0 Å². The van der Waals surface area contributed by atoms with Crippen molar-refractivity contribution >= 4 is 17.8 Å². The molecule has 0 bridgehead atoms. The number of hydrogen-bond acceptors (Lipinski definition) is 4. The highest BCUT2D eigenvalue weighted by molar-refractivity contribution is 5.95. The van der Waals surface area contributed by atoms with E-state index in [1.165, 1.54) is 24.3 Å². The lowest BCUT2D eigenvalue weighted by Gasteiger charge is -2.06. The van der Waals surface area contributed by atoms with Crippen molar-refractivity contribution in [2.24, 2.45) is 5.10 Å². The van der Waals surface area contributed by atoms with Crippen molar-refractivity contribution < 1.29 is 9.72 Å². The summed E-state index contributed by atoms with van der Waals surface area (Å²) in [6, 6.07) is 9.59. The SMILES string of the molecule is Cc1cc(C)c(C=NNC(=O)c2cccc([N+](=O)[O-])c2)c(C)c1. The van der Waals surface area contributed by atoms with E-state index in [9.17, 15) is 14.9 Å². The van der Waals surface area contributed by atoms with Gasteiger partial charge in [-0.25, -0.2) is 5.43 Å². The number of nitrogens with one attached hydrogen (secondary N) is 1. The minimum atomic E-state index is -0.543. The minimum absolute atomic E-state index is 0.133. The summed E-state index contributed by atoms with van der Waals surface area (Å²) in [5, 5.41) is 14.7. The molecule has 0 spiro atoms. The van der Waals surface area contributed by atoms with E-state index >= 15 is 0 Å². The van der Waals surface area contributed by atoms with Gasteiger partial charge in [0.2, 0.25) is 0 Å². The molecule has 0 radical (unpaired) electrons. The summed E-state index contributed by atoms with van der Waals surface area (Å²) in [6.45, 7) is 5.97. The Bertz CT molecular complexity index is 774. The first-order valence-corrected chi connectivity index (χ1v) is 7.04. The smallest absolute Gasteiger partial charge is 0.267 e.